The second-order valence-corrected chi connectivity index (χ2v) is 6.27. The van der Waals surface area contributed by atoms with E-state index in [0.29, 0.717) is 4.90 Å². The molecule has 1 aliphatic rings. The molecule has 0 amide bonds. The summed E-state index contributed by atoms with van der Waals surface area (Å²) < 4.78 is 18.3. The topological polar surface area (TPSA) is 69.4 Å². The van der Waals surface area contributed by atoms with Gasteiger partial charge in [-0.25, -0.2) is 9.18 Å². The monoisotopic (exact) mass is 313 g/mol. The average Bonchev–Trinajstić information content (AvgIpc) is 2.48. The third-order valence-electron chi connectivity index (χ3n) is 3.50. The van der Waals surface area contributed by atoms with Crippen molar-refractivity contribution in [3.8, 4) is 0 Å². The highest BCUT2D eigenvalue weighted by molar-refractivity contribution is 8.00. The second kappa shape index (κ2) is 6.89. The lowest BCUT2D eigenvalue weighted by atomic mass is 10.0. The molecule has 1 aliphatic carbocycles. The highest BCUT2D eigenvalue weighted by Gasteiger charge is 2.25. The Bertz CT molecular complexity index is 558. The van der Waals surface area contributed by atoms with Gasteiger partial charge in [0.1, 0.15) is 5.82 Å². The van der Waals surface area contributed by atoms with E-state index in [1.54, 1.807) is 0 Å². The van der Waals surface area contributed by atoms with Gasteiger partial charge in [-0.3, -0.25) is 10.1 Å². The fraction of sp³-hybridized carbons (Fsp3) is 0.500. The Morgan fingerprint density at radius 1 is 1.38 bits per heavy atom. The molecular formula is C14H16FNO4S. The number of rotatable bonds is 4. The zero-order valence-electron chi connectivity index (χ0n) is 11.6. The molecule has 0 N–H and O–H groups in total. The summed E-state index contributed by atoms with van der Waals surface area (Å²) in [5, 5.41) is 11.3. The van der Waals surface area contributed by atoms with E-state index in [4.69, 9.17) is 0 Å². The number of esters is 1. The van der Waals surface area contributed by atoms with E-state index in [0.717, 1.165) is 38.9 Å². The smallest absolute Gasteiger partial charge is 0.340 e. The fourth-order valence-electron chi connectivity index (χ4n) is 2.41. The molecule has 2 rings (SSSR count). The van der Waals surface area contributed by atoms with Gasteiger partial charge in [0.25, 0.3) is 5.69 Å². The molecule has 0 unspecified atom stereocenters. The minimum absolute atomic E-state index is 0.263. The first-order chi connectivity index (χ1) is 10.0. The van der Waals surface area contributed by atoms with Gasteiger partial charge in [0.05, 0.1) is 28.6 Å². The summed E-state index contributed by atoms with van der Waals surface area (Å²) in [6.45, 7) is 0. The molecule has 1 fully saturated rings. The first kappa shape index (κ1) is 15.8. The van der Waals surface area contributed by atoms with Crippen LogP contribution in [-0.4, -0.2) is 23.3 Å². The Hall–Kier alpha value is -1.63. The number of halogens is 1. The van der Waals surface area contributed by atoms with Gasteiger partial charge in [0, 0.05) is 5.25 Å². The lowest BCUT2D eigenvalue weighted by Gasteiger charge is -2.21. The van der Waals surface area contributed by atoms with E-state index in [-0.39, 0.29) is 16.5 Å². The highest BCUT2D eigenvalue weighted by Crippen LogP contribution is 2.39. The van der Waals surface area contributed by atoms with Crippen LogP contribution in [-0.2, 0) is 4.74 Å². The number of benzene rings is 1. The largest absolute Gasteiger partial charge is 0.465 e. The molecule has 1 aromatic rings. The lowest BCUT2D eigenvalue weighted by molar-refractivity contribution is -0.387. The van der Waals surface area contributed by atoms with Gasteiger partial charge in [-0.2, -0.15) is 0 Å². The number of nitro groups is 1. The van der Waals surface area contributed by atoms with Crippen LogP contribution in [0.15, 0.2) is 17.0 Å². The van der Waals surface area contributed by atoms with E-state index < -0.39 is 16.7 Å². The molecule has 114 valence electrons. The molecule has 1 saturated carbocycles. The van der Waals surface area contributed by atoms with Crippen LogP contribution in [0.25, 0.3) is 0 Å². The molecule has 0 saturated heterocycles. The van der Waals surface area contributed by atoms with Crippen molar-refractivity contribution in [3.63, 3.8) is 0 Å². The Kier molecular flexibility index (Phi) is 5.17. The summed E-state index contributed by atoms with van der Waals surface area (Å²) in [7, 11) is 1.15. The van der Waals surface area contributed by atoms with Gasteiger partial charge in [0.2, 0.25) is 0 Å². The molecule has 7 heteroatoms. The zero-order chi connectivity index (χ0) is 15.4. The number of carbonyl (C=O) groups is 1. The van der Waals surface area contributed by atoms with E-state index in [1.807, 2.05) is 0 Å². The first-order valence-corrected chi connectivity index (χ1v) is 7.63. The number of thioether (sulfide) groups is 1. The predicted octanol–water partition coefficient (Wildman–Crippen LogP) is 3.95. The minimum atomic E-state index is -0.929. The van der Waals surface area contributed by atoms with Crippen molar-refractivity contribution in [2.75, 3.05) is 7.11 Å². The molecule has 0 aromatic heterocycles. The van der Waals surface area contributed by atoms with Gasteiger partial charge in [-0.05, 0) is 18.9 Å². The number of nitro benzene ring substituents is 1. The van der Waals surface area contributed by atoms with Crippen LogP contribution >= 0.6 is 11.8 Å². The molecule has 5 nitrogen and oxygen atoms in total. The van der Waals surface area contributed by atoms with E-state index >= 15 is 0 Å². The third kappa shape index (κ3) is 3.72. The molecule has 0 atom stereocenters. The van der Waals surface area contributed by atoms with Crippen molar-refractivity contribution in [2.24, 2.45) is 0 Å². The molecule has 0 bridgehead atoms. The average molecular weight is 313 g/mol. The van der Waals surface area contributed by atoms with Gasteiger partial charge >= 0.3 is 5.97 Å². The van der Waals surface area contributed by atoms with Crippen molar-refractivity contribution in [1.82, 2.24) is 0 Å². The maximum Gasteiger partial charge on any atom is 0.340 e. The summed E-state index contributed by atoms with van der Waals surface area (Å²) in [5.41, 5.74) is -0.558. The number of nitrogens with zero attached hydrogens (tertiary/aromatic N) is 1. The Balaban J connectivity index is 2.35. The van der Waals surface area contributed by atoms with Crippen LogP contribution in [0.4, 0.5) is 10.1 Å². The number of carbonyl (C=O) groups excluding carboxylic acids is 1. The van der Waals surface area contributed by atoms with E-state index in [2.05, 4.69) is 4.74 Å². The summed E-state index contributed by atoms with van der Waals surface area (Å²) in [5.74, 6) is -1.76. The number of methoxy groups -OCH3 is 1. The number of hydrogen-bond donors (Lipinski definition) is 0. The molecule has 0 aliphatic heterocycles. The Morgan fingerprint density at radius 3 is 2.62 bits per heavy atom. The van der Waals surface area contributed by atoms with Crippen molar-refractivity contribution in [1.29, 1.82) is 0 Å². The standard InChI is InChI=1S/C14H16FNO4S/c1-20-14(17)10-7-13(12(16(18)19)8-11(10)15)21-9-5-3-2-4-6-9/h7-9H,2-6H2,1H3. The molecule has 0 spiro atoms. The minimum Gasteiger partial charge on any atom is -0.465 e. The van der Waals surface area contributed by atoms with E-state index in [1.165, 1.54) is 24.2 Å². The summed E-state index contributed by atoms with van der Waals surface area (Å²) in [4.78, 5) is 22.3. The van der Waals surface area contributed by atoms with Crippen LogP contribution in [0.5, 0.6) is 0 Å². The zero-order valence-corrected chi connectivity index (χ0v) is 12.5. The summed E-state index contributed by atoms with van der Waals surface area (Å²) in [6.07, 6.45) is 5.32. The van der Waals surface area contributed by atoms with Crippen LogP contribution in [0, 0.1) is 15.9 Å². The van der Waals surface area contributed by atoms with Crippen LogP contribution in [0.2, 0.25) is 0 Å². The van der Waals surface area contributed by atoms with Gasteiger partial charge in [-0.1, -0.05) is 19.3 Å². The molecule has 21 heavy (non-hydrogen) atoms. The van der Waals surface area contributed by atoms with Crippen LogP contribution < -0.4 is 0 Å². The SMILES string of the molecule is COC(=O)c1cc(SC2CCCCC2)c([N+](=O)[O-])cc1F. The highest BCUT2D eigenvalue weighted by atomic mass is 32.2. The predicted molar refractivity (Wildman–Crippen MR) is 77.1 cm³/mol. The third-order valence-corrected chi connectivity index (χ3v) is 4.88. The van der Waals surface area contributed by atoms with Crippen molar-refractivity contribution >= 4 is 23.4 Å². The molecular weight excluding hydrogens is 297 g/mol. The number of hydrogen-bond acceptors (Lipinski definition) is 5. The van der Waals surface area contributed by atoms with Crippen molar-refractivity contribution in [3.05, 3.63) is 33.6 Å². The van der Waals surface area contributed by atoms with Gasteiger partial charge < -0.3 is 4.74 Å². The summed E-state index contributed by atoms with van der Waals surface area (Å²) >= 11 is 1.35. The Labute approximate surface area is 126 Å². The first-order valence-electron chi connectivity index (χ1n) is 6.76. The van der Waals surface area contributed by atoms with Crippen molar-refractivity contribution < 1.29 is 18.8 Å². The quantitative estimate of drug-likeness (QED) is 0.478. The van der Waals surface area contributed by atoms with Gasteiger partial charge in [-0.15, -0.1) is 11.8 Å². The molecule has 1 aromatic carbocycles. The Morgan fingerprint density at radius 2 is 2.05 bits per heavy atom. The second-order valence-electron chi connectivity index (χ2n) is 4.93. The fourth-order valence-corrected chi connectivity index (χ4v) is 3.78. The van der Waals surface area contributed by atoms with Gasteiger partial charge in [0.15, 0.2) is 0 Å². The normalized spacial score (nSPS) is 15.7. The maximum absolute atomic E-state index is 13.8. The molecule has 0 heterocycles. The number of ether oxygens (including phenoxy) is 1. The van der Waals surface area contributed by atoms with Crippen molar-refractivity contribution in [2.45, 2.75) is 42.2 Å². The lowest BCUT2D eigenvalue weighted by Crippen LogP contribution is -2.10. The molecule has 0 radical (unpaired) electrons. The van der Waals surface area contributed by atoms with Crippen LogP contribution in [0.1, 0.15) is 42.5 Å². The van der Waals surface area contributed by atoms with Crippen LogP contribution in [0.3, 0.4) is 0 Å². The summed E-state index contributed by atoms with van der Waals surface area (Å²) in [6, 6.07) is 2.04. The van der Waals surface area contributed by atoms with E-state index in [9.17, 15) is 19.3 Å². The maximum atomic E-state index is 13.8.